The summed E-state index contributed by atoms with van der Waals surface area (Å²) in [7, 11) is 0. The van der Waals surface area contributed by atoms with E-state index >= 15 is 0 Å². The predicted molar refractivity (Wildman–Crippen MR) is 73.5 cm³/mol. The van der Waals surface area contributed by atoms with Crippen molar-refractivity contribution in [1.82, 2.24) is 4.98 Å². The van der Waals surface area contributed by atoms with Crippen LogP contribution in [0.25, 0.3) is 0 Å². The molecule has 2 rings (SSSR count). The lowest BCUT2D eigenvalue weighted by Crippen LogP contribution is -2.29. The van der Waals surface area contributed by atoms with Gasteiger partial charge in [-0.05, 0) is 36.2 Å². The van der Waals surface area contributed by atoms with Crippen LogP contribution in [0.4, 0.5) is 4.39 Å². The van der Waals surface area contributed by atoms with Crippen molar-refractivity contribution in [3.8, 4) is 0 Å². The number of aliphatic hydroxyl groups is 1. The Labute approximate surface area is 116 Å². The molecule has 1 aromatic carbocycles. The number of benzene rings is 1. The maximum absolute atomic E-state index is 12.9. The fourth-order valence-corrected chi connectivity index (χ4v) is 2.25. The standard InChI is InChI=1S/C15H15ClFNO/c1-2-15(19,14-7-6-13(17)10-18-14)9-11-4-3-5-12(16)8-11/h3-8,10,19H,2,9H2,1H3. The number of hydrogen-bond donors (Lipinski definition) is 1. The van der Waals surface area contributed by atoms with Crippen molar-refractivity contribution in [3.63, 3.8) is 0 Å². The molecule has 0 aliphatic rings. The van der Waals surface area contributed by atoms with Crippen LogP contribution in [-0.2, 0) is 12.0 Å². The molecule has 1 heterocycles. The van der Waals surface area contributed by atoms with Gasteiger partial charge in [-0.25, -0.2) is 4.39 Å². The molecule has 2 aromatic rings. The summed E-state index contributed by atoms with van der Waals surface area (Å²) in [5.74, 6) is -0.412. The Hall–Kier alpha value is -1.45. The van der Waals surface area contributed by atoms with Crippen LogP contribution in [0.2, 0.25) is 5.02 Å². The number of aromatic nitrogens is 1. The molecular weight excluding hydrogens is 265 g/mol. The molecular formula is C15H15ClFNO. The maximum Gasteiger partial charge on any atom is 0.141 e. The fraction of sp³-hybridized carbons (Fsp3) is 0.267. The lowest BCUT2D eigenvalue weighted by Gasteiger charge is -2.26. The molecule has 4 heteroatoms. The monoisotopic (exact) mass is 279 g/mol. The molecule has 0 saturated carbocycles. The predicted octanol–water partition coefficient (Wildman–Crippen LogP) is 3.71. The summed E-state index contributed by atoms with van der Waals surface area (Å²) < 4.78 is 12.9. The Morgan fingerprint density at radius 1 is 1.32 bits per heavy atom. The van der Waals surface area contributed by atoms with Crippen LogP contribution in [0.15, 0.2) is 42.6 Å². The van der Waals surface area contributed by atoms with Gasteiger partial charge in [-0.2, -0.15) is 0 Å². The maximum atomic E-state index is 12.9. The molecule has 1 N–H and O–H groups in total. The lowest BCUT2D eigenvalue weighted by atomic mass is 9.88. The first-order chi connectivity index (χ1) is 9.03. The third-order valence-electron chi connectivity index (χ3n) is 3.17. The Kier molecular flexibility index (Phi) is 4.17. The van der Waals surface area contributed by atoms with Crippen molar-refractivity contribution in [1.29, 1.82) is 0 Å². The van der Waals surface area contributed by atoms with E-state index in [2.05, 4.69) is 4.98 Å². The zero-order valence-electron chi connectivity index (χ0n) is 10.6. The third-order valence-corrected chi connectivity index (χ3v) is 3.41. The SMILES string of the molecule is CCC(O)(Cc1cccc(Cl)c1)c1ccc(F)cn1. The van der Waals surface area contributed by atoms with E-state index < -0.39 is 11.4 Å². The Morgan fingerprint density at radius 3 is 2.68 bits per heavy atom. The second-order valence-corrected chi connectivity index (χ2v) is 4.99. The molecule has 0 radical (unpaired) electrons. The van der Waals surface area contributed by atoms with Crippen molar-refractivity contribution in [2.24, 2.45) is 0 Å². The minimum Gasteiger partial charge on any atom is -0.383 e. The molecule has 0 bridgehead atoms. The highest BCUT2D eigenvalue weighted by atomic mass is 35.5. The molecule has 0 fully saturated rings. The van der Waals surface area contributed by atoms with Crippen LogP contribution in [0.3, 0.4) is 0 Å². The average Bonchev–Trinajstić information content (AvgIpc) is 2.39. The van der Waals surface area contributed by atoms with Crippen LogP contribution in [0.5, 0.6) is 0 Å². The van der Waals surface area contributed by atoms with E-state index in [0.29, 0.717) is 23.6 Å². The molecule has 19 heavy (non-hydrogen) atoms. The summed E-state index contributed by atoms with van der Waals surface area (Å²) >= 11 is 5.94. The van der Waals surface area contributed by atoms with Gasteiger partial charge >= 0.3 is 0 Å². The number of rotatable bonds is 4. The average molecular weight is 280 g/mol. The molecule has 0 aliphatic heterocycles. The summed E-state index contributed by atoms with van der Waals surface area (Å²) in [6.07, 6.45) is 1.99. The van der Waals surface area contributed by atoms with Crippen molar-refractivity contribution in [3.05, 3.63) is 64.7 Å². The molecule has 0 aliphatic carbocycles. The van der Waals surface area contributed by atoms with Gasteiger partial charge in [0.25, 0.3) is 0 Å². The van der Waals surface area contributed by atoms with Crippen molar-refractivity contribution in [2.45, 2.75) is 25.4 Å². The number of nitrogens with zero attached hydrogens (tertiary/aromatic N) is 1. The van der Waals surface area contributed by atoms with E-state index in [9.17, 15) is 9.50 Å². The minimum absolute atomic E-state index is 0.392. The first kappa shape index (κ1) is 14.0. The van der Waals surface area contributed by atoms with Crippen LogP contribution in [-0.4, -0.2) is 10.1 Å². The summed E-state index contributed by atoms with van der Waals surface area (Å²) in [5.41, 5.74) is 0.276. The van der Waals surface area contributed by atoms with E-state index in [0.717, 1.165) is 11.8 Å². The van der Waals surface area contributed by atoms with Crippen molar-refractivity contribution >= 4 is 11.6 Å². The Bertz CT molecular complexity index is 558. The molecule has 0 spiro atoms. The van der Waals surface area contributed by atoms with E-state index in [1.54, 1.807) is 6.07 Å². The molecule has 1 aromatic heterocycles. The van der Waals surface area contributed by atoms with Gasteiger partial charge in [0.05, 0.1) is 11.9 Å². The minimum atomic E-state index is -1.11. The van der Waals surface area contributed by atoms with Gasteiger partial charge in [0.1, 0.15) is 11.4 Å². The number of halogens is 2. The quantitative estimate of drug-likeness (QED) is 0.925. The van der Waals surface area contributed by atoms with Gasteiger partial charge < -0.3 is 5.11 Å². The van der Waals surface area contributed by atoms with E-state index in [4.69, 9.17) is 11.6 Å². The van der Waals surface area contributed by atoms with Gasteiger partial charge in [-0.3, -0.25) is 4.98 Å². The zero-order valence-corrected chi connectivity index (χ0v) is 11.4. The van der Waals surface area contributed by atoms with E-state index in [-0.39, 0.29) is 0 Å². The van der Waals surface area contributed by atoms with E-state index in [1.807, 2.05) is 25.1 Å². The summed E-state index contributed by atoms with van der Waals surface area (Å²) in [5, 5.41) is 11.3. The van der Waals surface area contributed by atoms with Gasteiger partial charge in [0.15, 0.2) is 0 Å². The molecule has 0 amide bonds. The van der Waals surface area contributed by atoms with Crippen LogP contribution in [0, 0.1) is 5.82 Å². The number of hydrogen-bond acceptors (Lipinski definition) is 2. The Morgan fingerprint density at radius 2 is 2.11 bits per heavy atom. The van der Waals surface area contributed by atoms with Gasteiger partial charge in [0.2, 0.25) is 0 Å². The second kappa shape index (κ2) is 5.68. The third kappa shape index (κ3) is 3.31. The van der Waals surface area contributed by atoms with Gasteiger partial charge in [0, 0.05) is 11.4 Å². The molecule has 2 nitrogen and oxygen atoms in total. The highest BCUT2D eigenvalue weighted by Gasteiger charge is 2.29. The van der Waals surface area contributed by atoms with Gasteiger partial charge in [-0.1, -0.05) is 30.7 Å². The Balaban J connectivity index is 2.29. The topological polar surface area (TPSA) is 33.1 Å². The second-order valence-electron chi connectivity index (χ2n) is 4.55. The molecule has 100 valence electrons. The molecule has 0 saturated heterocycles. The zero-order chi connectivity index (χ0) is 13.9. The molecule has 1 unspecified atom stereocenters. The highest BCUT2D eigenvalue weighted by Crippen LogP contribution is 2.28. The smallest absolute Gasteiger partial charge is 0.141 e. The first-order valence-electron chi connectivity index (χ1n) is 6.12. The normalized spacial score (nSPS) is 14.1. The van der Waals surface area contributed by atoms with E-state index in [1.165, 1.54) is 12.1 Å². The number of pyridine rings is 1. The van der Waals surface area contributed by atoms with Gasteiger partial charge in [-0.15, -0.1) is 0 Å². The summed E-state index contributed by atoms with van der Waals surface area (Å²) in [6, 6.07) is 10.2. The van der Waals surface area contributed by atoms with Crippen molar-refractivity contribution < 1.29 is 9.50 Å². The summed E-state index contributed by atoms with van der Waals surface area (Å²) in [6.45, 7) is 1.87. The lowest BCUT2D eigenvalue weighted by molar-refractivity contribution is 0.0282. The largest absolute Gasteiger partial charge is 0.383 e. The first-order valence-corrected chi connectivity index (χ1v) is 6.50. The van der Waals surface area contributed by atoms with Crippen molar-refractivity contribution in [2.75, 3.05) is 0 Å². The molecule has 1 atom stereocenters. The van der Waals surface area contributed by atoms with Crippen LogP contribution in [0.1, 0.15) is 24.6 Å². The fourth-order valence-electron chi connectivity index (χ4n) is 2.03. The van der Waals surface area contributed by atoms with Crippen LogP contribution < -0.4 is 0 Å². The summed E-state index contributed by atoms with van der Waals surface area (Å²) in [4.78, 5) is 3.98. The van der Waals surface area contributed by atoms with Crippen LogP contribution >= 0.6 is 11.6 Å². The highest BCUT2D eigenvalue weighted by molar-refractivity contribution is 6.30.